The molecule has 7 heteroatoms. The summed E-state index contributed by atoms with van der Waals surface area (Å²) in [6, 6.07) is 15.9. The second-order valence-corrected chi connectivity index (χ2v) is 8.18. The molecule has 3 N–H and O–H groups in total. The van der Waals surface area contributed by atoms with Crippen LogP contribution < -0.4 is 15.4 Å². The monoisotopic (exact) mass is 433 g/mol. The summed E-state index contributed by atoms with van der Waals surface area (Å²) < 4.78 is 5.90. The van der Waals surface area contributed by atoms with Crippen LogP contribution >= 0.6 is 11.6 Å². The lowest BCUT2D eigenvalue weighted by Crippen LogP contribution is -2.35. The van der Waals surface area contributed by atoms with Crippen molar-refractivity contribution in [1.29, 1.82) is 0 Å². The molecule has 2 aromatic carbocycles. The number of anilines is 1. The van der Waals surface area contributed by atoms with E-state index >= 15 is 0 Å². The third-order valence-electron chi connectivity index (χ3n) is 5.62. The van der Waals surface area contributed by atoms with Crippen LogP contribution in [0.5, 0.6) is 11.5 Å². The van der Waals surface area contributed by atoms with E-state index in [0.29, 0.717) is 17.5 Å². The highest BCUT2D eigenvalue weighted by Crippen LogP contribution is 2.31. The Labute approximate surface area is 186 Å². The van der Waals surface area contributed by atoms with Crippen LogP contribution in [0.2, 0.25) is 5.02 Å². The van der Waals surface area contributed by atoms with Gasteiger partial charge < -0.3 is 20.4 Å². The summed E-state index contributed by atoms with van der Waals surface area (Å²) in [5.41, 5.74) is 2.98. The van der Waals surface area contributed by atoms with Gasteiger partial charge in [0.15, 0.2) is 0 Å². The minimum Gasteiger partial charge on any atom is -0.457 e. The van der Waals surface area contributed by atoms with Crippen molar-refractivity contribution in [2.75, 3.05) is 18.4 Å². The number of rotatable bonds is 6. The van der Waals surface area contributed by atoms with E-state index in [1.165, 1.54) is 0 Å². The average Bonchev–Trinajstić information content (AvgIpc) is 3.21. The van der Waals surface area contributed by atoms with Gasteiger partial charge in [-0.15, -0.1) is 0 Å². The van der Waals surface area contributed by atoms with Crippen LogP contribution in [0.25, 0.3) is 11.0 Å². The molecule has 1 fully saturated rings. The van der Waals surface area contributed by atoms with Gasteiger partial charge in [-0.1, -0.05) is 35.9 Å². The number of H-pyrrole nitrogens is 1. The Morgan fingerprint density at radius 3 is 2.65 bits per heavy atom. The van der Waals surface area contributed by atoms with Gasteiger partial charge in [0.25, 0.3) is 0 Å². The Bertz CT molecular complexity index is 1170. The first-order valence-corrected chi connectivity index (χ1v) is 10.9. The van der Waals surface area contributed by atoms with Gasteiger partial charge in [-0.05, 0) is 61.3 Å². The molecule has 0 radical (unpaired) electrons. The van der Waals surface area contributed by atoms with Crippen LogP contribution in [0.4, 0.5) is 5.82 Å². The normalized spacial score (nSPS) is 14.6. The average molecular weight is 434 g/mol. The van der Waals surface area contributed by atoms with E-state index in [1.54, 1.807) is 6.33 Å². The van der Waals surface area contributed by atoms with Crippen molar-refractivity contribution in [2.45, 2.75) is 25.3 Å². The standard InChI is InChI=1S/C24H24ClN5O/c25-21-13-20(31-19-4-2-1-3-5-19)7-6-16(21)12-17-14-27-23-22(17)24(29-15-28-23)30-18-8-10-26-11-9-18/h1-7,13-15,18,26H,8-12H2,(H2,27,28,29,30). The first kappa shape index (κ1) is 19.8. The number of aromatic amines is 1. The maximum absolute atomic E-state index is 6.62. The quantitative estimate of drug-likeness (QED) is 0.391. The smallest absolute Gasteiger partial charge is 0.143 e. The lowest BCUT2D eigenvalue weighted by molar-refractivity contribution is 0.478. The summed E-state index contributed by atoms with van der Waals surface area (Å²) in [5.74, 6) is 2.39. The molecule has 0 bridgehead atoms. The predicted octanol–water partition coefficient (Wildman–Crippen LogP) is 5.16. The van der Waals surface area contributed by atoms with E-state index in [2.05, 4.69) is 25.6 Å². The minimum atomic E-state index is 0.417. The highest BCUT2D eigenvalue weighted by molar-refractivity contribution is 6.31. The molecule has 0 saturated carbocycles. The second-order valence-electron chi connectivity index (χ2n) is 7.77. The molecule has 0 spiro atoms. The zero-order valence-electron chi connectivity index (χ0n) is 17.1. The molecular formula is C24H24ClN5O. The van der Waals surface area contributed by atoms with E-state index in [-0.39, 0.29) is 0 Å². The second kappa shape index (κ2) is 8.96. The summed E-state index contributed by atoms with van der Waals surface area (Å²) in [6.45, 7) is 2.05. The van der Waals surface area contributed by atoms with Crippen LogP contribution in [-0.4, -0.2) is 34.1 Å². The van der Waals surface area contributed by atoms with E-state index in [1.807, 2.05) is 54.7 Å². The molecule has 1 aliphatic rings. The van der Waals surface area contributed by atoms with Gasteiger partial charge >= 0.3 is 0 Å². The molecule has 2 aromatic heterocycles. The fraction of sp³-hybridized carbons (Fsp3) is 0.250. The first-order valence-electron chi connectivity index (χ1n) is 10.6. The maximum atomic E-state index is 6.62. The Kier molecular flexibility index (Phi) is 5.74. The maximum Gasteiger partial charge on any atom is 0.143 e. The Hall–Kier alpha value is -3.09. The largest absolute Gasteiger partial charge is 0.457 e. The molecule has 5 rings (SSSR count). The number of fused-ring (bicyclic) bond motifs is 1. The van der Waals surface area contributed by atoms with Crippen LogP contribution in [0.1, 0.15) is 24.0 Å². The van der Waals surface area contributed by atoms with Crippen molar-refractivity contribution in [1.82, 2.24) is 20.3 Å². The molecule has 0 amide bonds. The van der Waals surface area contributed by atoms with Crippen molar-refractivity contribution in [3.05, 3.63) is 77.2 Å². The van der Waals surface area contributed by atoms with Gasteiger partial charge in [0, 0.05) is 23.7 Å². The first-order chi connectivity index (χ1) is 15.3. The summed E-state index contributed by atoms with van der Waals surface area (Å²) >= 11 is 6.62. The number of halogens is 1. The fourth-order valence-corrected chi connectivity index (χ4v) is 4.24. The molecule has 0 atom stereocenters. The van der Waals surface area contributed by atoms with E-state index in [4.69, 9.17) is 16.3 Å². The van der Waals surface area contributed by atoms with Crippen molar-refractivity contribution >= 4 is 28.5 Å². The van der Waals surface area contributed by atoms with Crippen molar-refractivity contribution < 1.29 is 4.74 Å². The van der Waals surface area contributed by atoms with Gasteiger partial charge in [-0.2, -0.15) is 0 Å². The SMILES string of the molecule is Clc1cc(Oc2ccccc2)ccc1Cc1c[nH]c2ncnc(NC3CCNCC3)c12. The minimum absolute atomic E-state index is 0.417. The summed E-state index contributed by atoms with van der Waals surface area (Å²) in [4.78, 5) is 12.2. The highest BCUT2D eigenvalue weighted by atomic mass is 35.5. The molecule has 4 aromatic rings. The predicted molar refractivity (Wildman–Crippen MR) is 124 cm³/mol. The van der Waals surface area contributed by atoms with Gasteiger partial charge in [0.05, 0.1) is 5.39 Å². The molecule has 3 heterocycles. The zero-order chi connectivity index (χ0) is 21.0. The van der Waals surface area contributed by atoms with Gasteiger partial charge in [-0.25, -0.2) is 9.97 Å². The fourth-order valence-electron chi connectivity index (χ4n) is 4.00. The topological polar surface area (TPSA) is 74.9 Å². The number of nitrogens with one attached hydrogen (secondary N) is 3. The number of ether oxygens (including phenoxy) is 1. The summed E-state index contributed by atoms with van der Waals surface area (Å²) in [7, 11) is 0. The molecule has 31 heavy (non-hydrogen) atoms. The van der Waals surface area contributed by atoms with Gasteiger partial charge in [-0.3, -0.25) is 0 Å². The van der Waals surface area contributed by atoms with E-state index in [9.17, 15) is 0 Å². The Morgan fingerprint density at radius 1 is 1.00 bits per heavy atom. The van der Waals surface area contributed by atoms with Gasteiger partial charge in [0.1, 0.15) is 29.3 Å². The molecule has 1 saturated heterocycles. The third-order valence-corrected chi connectivity index (χ3v) is 5.97. The van der Waals surface area contributed by atoms with E-state index in [0.717, 1.165) is 65.4 Å². The number of benzene rings is 2. The lowest BCUT2D eigenvalue weighted by atomic mass is 10.0. The van der Waals surface area contributed by atoms with Gasteiger partial charge in [0.2, 0.25) is 0 Å². The van der Waals surface area contributed by atoms with E-state index < -0.39 is 0 Å². The molecule has 1 aliphatic heterocycles. The number of piperidine rings is 1. The van der Waals surface area contributed by atoms with Crippen LogP contribution in [-0.2, 0) is 6.42 Å². The third kappa shape index (κ3) is 4.50. The lowest BCUT2D eigenvalue weighted by Gasteiger charge is -2.24. The molecule has 158 valence electrons. The van der Waals surface area contributed by atoms with Crippen LogP contribution in [0, 0.1) is 0 Å². The van der Waals surface area contributed by atoms with Crippen LogP contribution in [0.15, 0.2) is 61.1 Å². The molecular weight excluding hydrogens is 410 g/mol. The number of hydrogen-bond donors (Lipinski definition) is 3. The molecule has 6 nitrogen and oxygen atoms in total. The zero-order valence-corrected chi connectivity index (χ0v) is 17.8. The van der Waals surface area contributed by atoms with Crippen LogP contribution in [0.3, 0.4) is 0 Å². The number of hydrogen-bond acceptors (Lipinski definition) is 5. The van der Waals surface area contributed by atoms with Crippen molar-refractivity contribution in [3.8, 4) is 11.5 Å². The molecule has 0 unspecified atom stereocenters. The number of para-hydroxylation sites is 1. The molecule has 0 aliphatic carbocycles. The summed E-state index contributed by atoms with van der Waals surface area (Å²) in [5, 5.41) is 8.72. The number of aromatic nitrogens is 3. The Morgan fingerprint density at radius 2 is 1.84 bits per heavy atom. The Balaban J connectivity index is 1.39. The summed E-state index contributed by atoms with van der Waals surface area (Å²) in [6.07, 6.45) is 6.45. The van der Waals surface area contributed by atoms with Crippen molar-refractivity contribution in [2.24, 2.45) is 0 Å². The number of nitrogens with zero attached hydrogens (tertiary/aromatic N) is 2. The highest BCUT2D eigenvalue weighted by Gasteiger charge is 2.18. The van der Waals surface area contributed by atoms with Crippen molar-refractivity contribution in [3.63, 3.8) is 0 Å².